The zero-order valence-electron chi connectivity index (χ0n) is 10.1. The van der Waals surface area contributed by atoms with Gasteiger partial charge in [0.15, 0.2) is 0 Å². The first-order valence-electron chi connectivity index (χ1n) is 5.45. The van der Waals surface area contributed by atoms with Gasteiger partial charge < -0.3 is 5.73 Å². The second-order valence-electron chi connectivity index (χ2n) is 3.85. The van der Waals surface area contributed by atoms with Crippen molar-refractivity contribution in [2.45, 2.75) is 6.92 Å². The fourth-order valence-electron chi connectivity index (χ4n) is 1.60. The van der Waals surface area contributed by atoms with Crippen molar-refractivity contribution in [2.75, 3.05) is 10.6 Å². The quantitative estimate of drug-likeness (QED) is 0.865. The average molecular weight is 295 g/mol. The molecule has 2 amide bonds. The number of carbonyl (C=O) groups excluding carboxylic acids is 2. The van der Waals surface area contributed by atoms with E-state index in [1.165, 1.54) is 6.92 Å². The van der Waals surface area contributed by atoms with Crippen LogP contribution in [-0.2, 0) is 4.79 Å². The van der Waals surface area contributed by atoms with E-state index in [1.807, 2.05) is 0 Å². The van der Waals surface area contributed by atoms with E-state index in [1.54, 1.807) is 36.4 Å². The Balaban J connectivity index is 2.38. The van der Waals surface area contributed by atoms with Crippen LogP contribution in [0.2, 0.25) is 4.34 Å². The number of carbonyl (C=O) groups is 2. The second-order valence-corrected chi connectivity index (χ2v) is 5.57. The Morgan fingerprint density at radius 3 is 2.26 bits per heavy atom. The van der Waals surface area contributed by atoms with Crippen molar-refractivity contribution >= 4 is 46.1 Å². The smallest absolute Gasteiger partial charge is 0.275 e. The van der Waals surface area contributed by atoms with Gasteiger partial charge in [0.2, 0.25) is 5.91 Å². The summed E-state index contributed by atoms with van der Waals surface area (Å²) in [4.78, 5) is 25.5. The van der Waals surface area contributed by atoms with Gasteiger partial charge in [0.1, 0.15) is 0 Å². The standard InChI is InChI=1S/C13H11ClN2O2S/c1-8(17)16(10-4-2-9(15)3-5-10)13(18)11-6-7-12(14)19-11/h2-7H,15H2,1H3. The molecule has 0 saturated heterocycles. The summed E-state index contributed by atoms with van der Waals surface area (Å²) in [7, 11) is 0. The summed E-state index contributed by atoms with van der Waals surface area (Å²) in [5, 5.41) is 0. The lowest BCUT2D eigenvalue weighted by Gasteiger charge is -2.18. The van der Waals surface area contributed by atoms with Gasteiger partial charge >= 0.3 is 0 Å². The number of imide groups is 1. The molecule has 0 aliphatic rings. The van der Waals surface area contributed by atoms with Gasteiger partial charge in [-0.15, -0.1) is 11.3 Å². The Bertz CT molecular complexity index is 622. The van der Waals surface area contributed by atoms with E-state index in [2.05, 4.69) is 0 Å². The van der Waals surface area contributed by atoms with Crippen LogP contribution in [0, 0.1) is 0 Å². The normalized spacial score (nSPS) is 10.2. The van der Waals surface area contributed by atoms with E-state index >= 15 is 0 Å². The first-order valence-corrected chi connectivity index (χ1v) is 6.64. The molecule has 0 saturated carbocycles. The predicted octanol–water partition coefficient (Wildman–Crippen LogP) is 3.18. The highest BCUT2D eigenvalue weighted by Gasteiger charge is 2.23. The summed E-state index contributed by atoms with van der Waals surface area (Å²) in [6.07, 6.45) is 0. The molecule has 4 nitrogen and oxygen atoms in total. The molecule has 0 atom stereocenters. The first-order chi connectivity index (χ1) is 8.99. The summed E-state index contributed by atoms with van der Waals surface area (Å²) in [6.45, 7) is 1.34. The number of nitrogen functional groups attached to an aromatic ring is 1. The van der Waals surface area contributed by atoms with Gasteiger partial charge in [-0.3, -0.25) is 9.59 Å². The van der Waals surface area contributed by atoms with Crippen LogP contribution in [0.25, 0.3) is 0 Å². The van der Waals surface area contributed by atoms with E-state index in [4.69, 9.17) is 17.3 Å². The van der Waals surface area contributed by atoms with Crippen LogP contribution in [0.4, 0.5) is 11.4 Å². The van der Waals surface area contributed by atoms with Crippen molar-refractivity contribution < 1.29 is 9.59 Å². The lowest BCUT2D eigenvalue weighted by atomic mass is 10.2. The monoisotopic (exact) mass is 294 g/mol. The Kier molecular flexibility index (Phi) is 3.87. The summed E-state index contributed by atoms with van der Waals surface area (Å²) in [5.41, 5.74) is 6.64. The highest BCUT2D eigenvalue weighted by atomic mass is 35.5. The van der Waals surface area contributed by atoms with E-state index in [9.17, 15) is 9.59 Å². The number of rotatable bonds is 2. The van der Waals surface area contributed by atoms with Crippen molar-refractivity contribution in [3.05, 3.63) is 45.6 Å². The number of amides is 2. The number of hydrogen-bond donors (Lipinski definition) is 1. The third-order valence-corrected chi connectivity index (χ3v) is 3.67. The molecule has 1 heterocycles. The maximum absolute atomic E-state index is 12.3. The number of nitrogens with two attached hydrogens (primary N) is 1. The van der Waals surface area contributed by atoms with Crippen LogP contribution >= 0.6 is 22.9 Å². The molecule has 1 aromatic carbocycles. The number of halogens is 1. The molecule has 2 aromatic rings. The lowest BCUT2D eigenvalue weighted by molar-refractivity contribution is -0.115. The minimum atomic E-state index is -0.394. The van der Waals surface area contributed by atoms with Gasteiger partial charge in [-0.2, -0.15) is 0 Å². The van der Waals surface area contributed by atoms with Crippen LogP contribution in [0.3, 0.4) is 0 Å². The highest BCUT2D eigenvalue weighted by Crippen LogP contribution is 2.25. The molecule has 1 aromatic heterocycles. The molecule has 0 fully saturated rings. The van der Waals surface area contributed by atoms with Crippen molar-refractivity contribution in [2.24, 2.45) is 0 Å². The molecule has 2 rings (SSSR count). The van der Waals surface area contributed by atoms with Crippen LogP contribution in [0.1, 0.15) is 16.6 Å². The maximum atomic E-state index is 12.3. The number of anilines is 2. The van der Waals surface area contributed by atoms with Gasteiger partial charge in [-0.25, -0.2) is 4.90 Å². The van der Waals surface area contributed by atoms with E-state index in [-0.39, 0.29) is 5.91 Å². The first kappa shape index (κ1) is 13.6. The molecule has 19 heavy (non-hydrogen) atoms. The van der Waals surface area contributed by atoms with E-state index in [0.29, 0.717) is 20.6 Å². The fourth-order valence-corrected chi connectivity index (χ4v) is 2.58. The molecule has 0 bridgehead atoms. The van der Waals surface area contributed by atoms with Gasteiger partial charge in [-0.05, 0) is 36.4 Å². The zero-order chi connectivity index (χ0) is 14.0. The molecule has 0 spiro atoms. The highest BCUT2D eigenvalue weighted by molar-refractivity contribution is 7.18. The number of benzene rings is 1. The molecule has 2 N–H and O–H groups in total. The van der Waals surface area contributed by atoms with Crippen molar-refractivity contribution in [1.29, 1.82) is 0 Å². The van der Waals surface area contributed by atoms with Gasteiger partial charge in [0, 0.05) is 12.6 Å². The number of thiophene rings is 1. The third kappa shape index (κ3) is 2.94. The lowest BCUT2D eigenvalue weighted by Crippen LogP contribution is -2.34. The van der Waals surface area contributed by atoms with Crippen molar-refractivity contribution in [3.8, 4) is 0 Å². The molecule has 0 unspecified atom stereocenters. The van der Waals surface area contributed by atoms with E-state index < -0.39 is 5.91 Å². The Morgan fingerprint density at radius 1 is 1.16 bits per heavy atom. The molecule has 0 aliphatic heterocycles. The molecular formula is C13H11ClN2O2S. The molecule has 98 valence electrons. The topological polar surface area (TPSA) is 63.4 Å². The third-order valence-electron chi connectivity index (χ3n) is 2.45. The minimum absolute atomic E-state index is 0.362. The molecular weight excluding hydrogens is 284 g/mol. The minimum Gasteiger partial charge on any atom is -0.399 e. The number of hydrogen-bond acceptors (Lipinski definition) is 4. The summed E-state index contributed by atoms with van der Waals surface area (Å²) < 4.78 is 0.504. The van der Waals surface area contributed by atoms with Crippen molar-refractivity contribution in [3.63, 3.8) is 0 Å². The maximum Gasteiger partial charge on any atom is 0.275 e. The SMILES string of the molecule is CC(=O)N(C(=O)c1ccc(Cl)s1)c1ccc(N)cc1. The second kappa shape index (κ2) is 5.42. The molecule has 0 radical (unpaired) electrons. The Hall–Kier alpha value is -1.85. The summed E-state index contributed by atoms with van der Waals surface area (Å²) >= 11 is 6.94. The van der Waals surface area contributed by atoms with Crippen LogP contribution in [0.5, 0.6) is 0 Å². The van der Waals surface area contributed by atoms with E-state index in [0.717, 1.165) is 16.2 Å². The van der Waals surface area contributed by atoms with Crippen molar-refractivity contribution in [1.82, 2.24) is 0 Å². The average Bonchev–Trinajstić information content (AvgIpc) is 2.78. The number of nitrogens with zero attached hydrogens (tertiary/aromatic N) is 1. The van der Waals surface area contributed by atoms with Crippen LogP contribution in [0.15, 0.2) is 36.4 Å². The summed E-state index contributed by atoms with van der Waals surface area (Å²) in [5.74, 6) is -0.756. The van der Waals surface area contributed by atoms with Gasteiger partial charge in [0.25, 0.3) is 5.91 Å². The summed E-state index contributed by atoms with van der Waals surface area (Å²) in [6, 6.07) is 9.76. The van der Waals surface area contributed by atoms with Gasteiger partial charge in [0.05, 0.1) is 14.9 Å². The fraction of sp³-hybridized carbons (Fsp3) is 0.0769. The van der Waals surface area contributed by atoms with Gasteiger partial charge in [-0.1, -0.05) is 11.6 Å². The van der Waals surface area contributed by atoms with Crippen LogP contribution in [-0.4, -0.2) is 11.8 Å². The zero-order valence-corrected chi connectivity index (χ0v) is 11.7. The molecule has 6 heteroatoms. The van der Waals surface area contributed by atoms with Crippen LogP contribution < -0.4 is 10.6 Å². The Morgan fingerprint density at radius 2 is 1.79 bits per heavy atom. The predicted molar refractivity (Wildman–Crippen MR) is 77.7 cm³/mol. The largest absolute Gasteiger partial charge is 0.399 e. The molecule has 0 aliphatic carbocycles. The Labute approximate surface area is 119 Å².